The standard InChI is InChI=1S/C20H30N2O5S/c1-5-28(24,25)22(2)17-14-19(27-4)18(26-3)13-16(17)20(23)21-12-11-15-9-7-6-8-10-15/h9,13-14H,5-8,10-12H2,1-4H3,(H,21,23). The van der Waals surface area contributed by atoms with Crippen LogP contribution >= 0.6 is 0 Å². The summed E-state index contributed by atoms with van der Waals surface area (Å²) in [4.78, 5) is 12.8. The number of benzene rings is 1. The Morgan fingerprint density at radius 2 is 1.86 bits per heavy atom. The van der Waals surface area contributed by atoms with Crippen LogP contribution < -0.4 is 19.1 Å². The summed E-state index contributed by atoms with van der Waals surface area (Å²) in [6.45, 7) is 2.06. The molecule has 0 saturated carbocycles. The number of anilines is 1. The molecular weight excluding hydrogens is 380 g/mol. The van der Waals surface area contributed by atoms with Gasteiger partial charge in [-0.15, -0.1) is 0 Å². The van der Waals surface area contributed by atoms with Gasteiger partial charge in [-0.05, 0) is 45.1 Å². The van der Waals surface area contributed by atoms with Crippen molar-refractivity contribution < 1.29 is 22.7 Å². The Labute approximate surface area is 167 Å². The molecule has 0 unspecified atom stereocenters. The van der Waals surface area contributed by atoms with Crippen molar-refractivity contribution in [2.75, 3.05) is 37.9 Å². The molecule has 1 aliphatic carbocycles. The van der Waals surface area contributed by atoms with Crippen molar-refractivity contribution in [2.45, 2.75) is 39.0 Å². The normalized spacial score (nSPS) is 14.2. The topological polar surface area (TPSA) is 84.9 Å². The number of nitrogens with one attached hydrogen (secondary N) is 1. The van der Waals surface area contributed by atoms with E-state index in [4.69, 9.17) is 9.47 Å². The van der Waals surface area contributed by atoms with Crippen LogP contribution in [0.4, 0.5) is 5.69 Å². The van der Waals surface area contributed by atoms with E-state index in [1.165, 1.54) is 51.8 Å². The van der Waals surface area contributed by atoms with Crippen molar-refractivity contribution >= 4 is 21.6 Å². The number of nitrogens with zero attached hydrogens (tertiary/aromatic N) is 1. The first-order chi connectivity index (χ1) is 13.3. The molecule has 0 saturated heterocycles. The molecule has 2 rings (SSSR count). The van der Waals surface area contributed by atoms with Crippen LogP contribution in [0.15, 0.2) is 23.8 Å². The molecule has 0 fully saturated rings. The Morgan fingerprint density at radius 1 is 1.18 bits per heavy atom. The van der Waals surface area contributed by atoms with Crippen molar-refractivity contribution in [3.05, 3.63) is 29.3 Å². The highest BCUT2D eigenvalue weighted by atomic mass is 32.2. The van der Waals surface area contributed by atoms with Gasteiger partial charge in [0.2, 0.25) is 10.0 Å². The summed E-state index contributed by atoms with van der Waals surface area (Å²) in [5, 5.41) is 2.90. The Kier molecular flexibility index (Phi) is 7.74. The molecule has 1 aromatic carbocycles. The lowest BCUT2D eigenvalue weighted by Gasteiger charge is -2.23. The van der Waals surface area contributed by atoms with Crippen LogP contribution in [0.1, 0.15) is 49.4 Å². The number of carbonyl (C=O) groups excluding carboxylic acids is 1. The molecule has 0 atom stereocenters. The second kappa shape index (κ2) is 9.82. The molecule has 0 bridgehead atoms. The molecule has 156 valence electrons. The molecule has 0 radical (unpaired) electrons. The van der Waals surface area contributed by atoms with E-state index in [0.717, 1.165) is 23.6 Å². The number of allylic oxidation sites excluding steroid dienone is 1. The highest BCUT2D eigenvalue weighted by Gasteiger charge is 2.25. The van der Waals surface area contributed by atoms with Gasteiger partial charge in [0, 0.05) is 19.7 Å². The molecule has 7 nitrogen and oxygen atoms in total. The highest BCUT2D eigenvalue weighted by molar-refractivity contribution is 7.92. The van der Waals surface area contributed by atoms with Gasteiger partial charge in [0.25, 0.3) is 5.91 Å². The summed E-state index contributed by atoms with van der Waals surface area (Å²) in [5.41, 5.74) is 1.86. The molecule has 1 aromatic rings. The number of hydrogen-bond acceptors (Lipinski definition) is 5. The summed E-state index contributed by atoms with van der Waals surface area (Å²) in [6, 6.07) is 3.04. The molecule has 0 aliphatic heterocycles. The minimum absolute atomic E-state index is 0.0763. The molecule has 0 heterocycles. The van der Waals surface area contributed by atoms with Gasteiger partial charge < -0.3 is 14.8 Å². The van der Waals surface area contributed by atoms with Gasteiger partial charge >= 0.3 is 0 Å². The second-order valence-corrected chi connectivity index (χ2v) is 9.00. The van der Waals surface area contributed by atoms with E-state index < -0.39 is 10.0 Å². The molecule has 1 amide bonds. The Bertz CT molecular complexity index is 833. The highest BCUT2D eigenvalue weighted by Crippen LogP contribution is 2.35. The first-order valence-electron chi connectivity index (χ1n) is 9.52. The van der Waals surface area contributed by atoms with Crippen LogP contribution in [-0.4, -0.2) is 47.9 Å². The van der Waals surface area contributed by atoms with Gasteiger partial charge in [-0.1, -0.05) is 11.6 Å². The van der Waals surface area contributed by atoms with Gasteiger partial charge in [-0.25, -0.2) is 8.42 Å². The van der Waals surface area contributed by atoms with E-state index in [2.05, 4.69) is 11.4 Å². The van der Waals surface area contributed by atoms with Crippen molar-refractivity contribution in [3.63, 3.8) is 0 Å². The summed E-state index contributed by atoms with van der Waals surface area (Å²) in [5.74, 6) is 0.311. The number of carbonyl (C=O) groups is 1. The predicted octanol–water partition coefficient (Wildman–Crippen LogP) is 3.11. The van der Waals surface area contributed by atoms with E-state index in [1.807, 2.05) is 0 Å². The van der Waals surface area contributed by atoms with Crippen molar-refractivity contribution in [2.24, 2.45) is 0 Å². The maximum Gasteiger partial charge on any atom is 0.253 e. The van der Waals surface area contributed by atoms with Crippen molar-refractivity contribution in [1.29, 1.82) is 0 Å². The van der Waals surface area contributed by atoms with Gasteiger partial charge in [0.1, 0.15) is 0 Å². The Hall–Kier alpha value is -2.22. The summed E-state index contributed by atoms with van der Waals surface area (Å²) < 4.78 is 36.4. The third kappa shape index (κ3) is 5.19. The van der Waals surface area contributed by atoms with Crippen LogP contribution in [0.25, 0.3) is 0 Å². The smallest absolute Gasteiger partial charge is 0.253 e. The van der Waals surface area contributed by atoms with E-state index in [9.17, 15) is 13.2 Å². The van der Waals surface area contributed by atoms with Gasteiger partial charge in [0.15, 0.2) is 11.5 Å². The lowest BCUT2D eigenvalue weighted by atomic mass is 9.97. The quantitative estimate of drug-likeness (QED) is 0.632. The van der Waals surface area contributed by atoms with Gasteiger partial charge in [-0.2, -0.15) is 0 Å². The minimum atomic E-state index is -3.54. The molecule has 0 spiro atoms. The monoisotopic (exact) mass is 410 g/mol. The lowest BCUT2D eigenvalue weighted by Crippen LogP contribution is -2.32. The molecule has 1 aliphatic rings. The van der Waals surface area contributed by atoms with Crippen molar-refractivity contribution in [3.8, 4) is 11.5 Å². The third-order valence-electron chi connectivity index (χ3n) is 4.98. The number of ether oxygens (including phenoxy) is 2. The van der Waals surface area contributed by atoms with Crippen LogP contribution in [0.5, 0.6) is 11.5 Å². The van der Waals surface area contributed by atoms with E-state index in [1.54, 1.807) is 6.92 Å². The fourth-order valence-corrected chi connectivity index (χ4v) is 4.06. The van der Waals surface area contributed by atoms with Crippen molar-refractivity contribution in [1.82, 2.24) is 5.32 Å². The fraction of sp³-hybridized carbons (Fsp3) is 0.550. The largest absolute Gasteiger partial charge is 0.493 e. The summed E-state index contributed by atoms with van der Waals surface area (Å²) in [7, 11) is 0.832. The number of hydrogen-bond donors (Lipinski definition) is 1. The Morgan fingerprint density at radius 3 is 2.43 bits per heavy atom. The summed E-state index contributed by atoms with van der Waals surface area (Å²) >= 11 is 0. The van der Waals surface area contributed by atoms with Crippen LogP contribution in [-0.2, 0) is 10.0 Å². The number of sulfonamides is 1. The maximum atomic E-state index is 12.8. The third-order valence-corrected chi connectivity index (χ3v) is 6.75. The van der Waals surface area contributed by atoms with Gasteiger partial charge in [0.05, 0.1) is 31.2 Å². The maximum absolute atomic E-state index is 12.8. The number of rotatable bonds is 9. The predicted molar refractivity (Wildman–Crippen MR) is 111 cm³/mol. The molecule has 1 N–H and O–H groups in total. The molecule has 28 heavy (non-hydrogen) atoms. The van der Waals surface area contributed by atoms with E-state index in [-0.39, 0.29) is 22.9 Å². The minimum Gasteiger partial charge on any atom is -0.493 e. The van der Waals surface area contributed by atoms with E-state index >= 15 is 0 Å². The number of amides is 1. The zero-order valence-corrected chi connectivity index (χ0v) is 17.9. The SMILES string of the molecule is CCS(=O)(=O)N(C)c1cc(OC)c(OC)cc1C(=O)NCCC1=CCCCC1. The first-order valence-corrected chi connectivity index (χ1v) is 11.1. The zero-order chi connectivity index (χ0) is 20.7. The Balaban J connectivity index is 2.28. The fourth-order valence-electron chi connectivity index (χ4n) is 3.22. The molecular formula is C20H30N2O5S. The summed E-state index contributed by atoms with van der Waals surface area (Å²) in [6.07, 6.45) is 7.65. The number of methoxy groups -OCH3 is 2. The second-order valence-electron chi connectivity index (χ2n) is 6.71. The van der Waals surface area contributed by atoms with Crippen LogP contribution in [0, 0.1) is 0 Å². The average molecular weight is 411 g/mol. The lowest BCUT2D eigenvalue weighted by molar-refractivity contribution is 0.0954. The molecule has 0 aromatic heterocycles. The van der Waals surface area contributed by atoms with Crippen LogP contribution in [0.2, 0.25) is 0 Å². The van der Waals surface area contributed by atoms with E-state index in [0.29, 0.717) is 18.0 Å². The molecule has 8 heteroatoms. The zero-order valence-electron chi connectivity index (χ0n) is 17.1. The van der Waals surface area contributed by atoms with Gasteiger partial charge in [-0.3, -0.25) is 9.10 Å². The van der Waals surface area contributed by atoms with Crippen LogP contribution in [0.3, 0.4) is 0 Å². The first kappa shape index (κ1) is 22.1. The average Bonchev–Trinajstić information content (AvgIpc) is 2.72.